The van der Waals surface area contributed by atoms with E-state index in [2.05, 4.69) is 5.09 Å². The first-order valence-corrected chi connectivity index (χ1v) is 12.2. The molecule has 0 aromatic heterocycles. The van der Waals surface area contributed by atoms with Crippen molar-refractivity contribution >= 4 is 35.8 Å². The van der Waals surface area contributed by atoms with Crippen LogP contribution in [0.15, 0.2) is 66.7 Å². The molecule has 0 bridgehead atoms. The van der Waals surface area contributed by atoms with Crippen LogP contribution < -0.4 is 29.4 Å². The monoisotopic (exact) mass is 449 g/mol. The molecule has 2 amide bonds. The van der Waals surface area contributed by atoms with Crippen molar-refractivity contribution in [3.8, 4) is 11.5 Å². The standard InChI is InChI=1S/C24H24N3O4P/c1-3-26-20-15-21-22(31-14-13-30-21)16-23(20)32(29,25-18-11-9-17(2)10-12-18)27(24(26)28)19-7-5-4-6-8-19/h4-12,15-16H,3,13-14H2,1-2H3,(H,25,29). The highest BCUT2D eigenvalue weighted by atomic mass is 31.2. The van der Waals surface area contributed by atoms with E-state index in [1.165, 1.54) is 4.67 Å². The molecule has 2 heterocycles. The number of urea groups is 1. The van der Waals surface area contributed by atoms with Crippen LogP contribution in [0.25, 0.3) is 0 Å². The van der Waals surface area contributed by atoms with Crippen LogP contribution in [0.5, 0.6) is 11.5 Å². The van der Waals surface area contributed by atoms with E-state index in [1.54, 1.807) is 29.2 Å². The predicted molar refractivity (Wildman–Crippen MR) is 127 cm³/mol. The maximum atomic E-state index is 14.9. The van der Waals surface area contributed by atoms with Crippen LogP contribution in [0.3, 0.4) is 0 Å². The third-order valence-corrected chi connectivity index (χ3v) is 8.14. The van der Waals surface area contributed by atoms with Gasteiger partial charge in [0.15, 0.2) is 11.5 Å². The molecule has 5 rings (SSSR count). The number of benzene rings is 3. The fraction of sp³-hybridized carbons (Fsp3) is 0.208. The number of hydrogen-bond acceptors (Lipinski definition) is 4. The van der Waals surface area contributed by atoms with E-state index >= 15 is 0 Å². The Morgan fingerprint density at radius 2 is 1.62 bits per heavy atom. The second-order valence-electron chi connectivity index (χ2n) is 7.71. The van der Waals surface area contributed by atoms with Gasteiger partial charge in [-0.1, -0.05) is 35.9 Å². The minimum atomic E-state index is -3.67. The largest absolute Gasteiger partial charge is 0.486 e. The Kier molecular flexibility index (Phi) is 5.06. The summed E-state index contributed by atoms with van der Waals surface area (Å²) in [7, 11) is -3.67. The van der Waals surface area contributed by atoms with Gasteiger partial charge in [-0.2, -0.15) is 0 Å². The van der Waals surface area contributed by atoms with Crippen molar-refractivity contribution in [3.05, 3.63) is 72.3 Å². The SMILES string of the molecule is CCN1C(=O)N(c2ccccc2)P(=O)(Nc2ccc(C)cc2)c2cc3c(cc21)OCCO3. The fourth-order valence-corrected chi connectivity index (χ4v) is 6.56. The van der Waals surface area contributed by atoms with Gasteiger partial charge in [-0.05, 0) is 38.1 Å². The average Bonchev–Trinajstić information content (AvgIpc) is 2.81. The zero-order chi connectivity index (χ0) is 22.3. The van der Waals surface area contributed by atoms with Gasteiger partial charge in [-0.15, -0.1) is 0 Å². The van der Waals surface area contributed by atoms with Gasteiger partial charge >= 0.3 is 6.03 Å². The molecule has 32 heavy (non-hydrogen) atoms. The Bertz CT molecular complexity index is 1210. The van der Waals surface area contributed by atoms with Crippen LogP contribution >= 0.6 is 7.44 Å². The maximum Gasteiger partial charge on any atom is 0.336 e. The van der Waals surface area contributed by atoms with E-state index in [0.29, 0.717) is 53.6 Å². The summed E-state index contributed by atoms with van der Waals surface area (Å²) < 4.78 is 27.8. The molecule has 0 saturated heterocycles. The zero-order valence-electron chi connectivity index (χ0n) is 17.9. The summed E-state index contributed by atoms with van der Waals surface area (Å²) in [5.74, 6) is 1.08. The van der Waals surface area contributed by atoms with Crippen molar-refractivity contribution in [2.75, 3.05) is 34.4 Å². The van der Waals surface area contributed by atoms with E-state index in [9.17, 15) is 9.36 Å². The smallest absolute Gasteiger partial charge is 0.336 e. The molecule has 1 unspecified atom stereocenters. The number of carbonyl (C=O) groups is 1. The van der Waals surface area contributed by atoms with Gasteiger partial charge in [-0.3, -0.25) is 9.46 Å². The van der Waals surface area contributed by atoms with Crippen LogP contribution in [-0.2, 0) is 4.57 Å². The first kappa shape index (κ1) is 20.5. The minimum Gasteiger partial charge on any atom is -0.486 e. The Morgan fingerprint density at radius 3 is 2.28 bits per heavy atom. The van der Waals surface area contributed by atoms with Crippen LogP contribution in [0, 0.1) is 6.92 Å². The lowest BCUT2D eigenvalue weighted by Crippen LogP contribution is -2.51. The fourth-order valence-electron chi connectivity index (χ4n) is 4.03. The molecule has 7 nitrogen and oxygen atoms in total. The number of amides is 2. The van der Waals surface area contributed by atoms with Crippen molar-refractivity contribution in [1.29, 1.82) is 0 Å². The summed E-state index contributed by atoms with van der Waals surface area (Å²) in [5, 5.41) is 3.72. The lowest BCUT2D eigenvalue weighted by molar-refractivity contribution is 0.172. The summed E-state index contributed by atoms with van der Waals surface area (Å²) >= 11 is 0. The molecule has 0 saturated carbocycles. The lowest BCUT2D eigenvalue weighted by Gasteiger charge is -2.42. The third-order valence-electron chi connectivity index (χ3n) is 5.60. The van der Waals surface area contributed by atoms with Crippen LogP contribution in [0.1, 0.15) is 12.5 Å². The number of carbonyl (C=O) groups excluding carboxylic acids is 1. The van der Waals surface area contributed by atoms with Gasteiger partial charge in [-0.25, -0.2) is 9.46 Å². The Morgan fingerprint density at radius 1 is 0.969 bits per heavy atom. The zero-order valence-corrected chi connectivity index (χ0v) is 18.8. The highest BCUT2D eigenvalue weighted by molar-refractivity contribution is 7.76. The number of rotatable bonds is 4. The van der Waals surface area contributed by atoms with Gasteiger partial charge in [0.25, 0.3) is 7.44 Å². The average molecular weight is 449 g/mol. The van der Waals surface area contributed by atoms with E-state index < -0.39 is 7.44 Å². The normalized spacial score (nSPS) is 19.5. The first-order chi connectivity index (χ1) is 15.5. The predicted octanol–water partition coefficient (Wildman–Crippen LogP) is 5.16. The number of hydrogen-bond donors (Lipinski definition) is 1. The molecule has 2 aliphatic rings. The molecule has 3 aromatic rings. The molecule has 0 radical (unpaired) electrons. The molecule has 0 spiro atoms. The molecule has 8 heteroatoms. The van der Waals surface area contributed by atoms with Gasteiger partial charge < -0.3 is 14.6 Å². The Labute approximate surface area is 187 Å². The molecule has 2 aliphatic heterocycles. The Hall–Kier alpha value is -3.44. The Balaban J connectivity index is 1.75. The van der Waals surface area contributed by atoms with Crippen LogP contribution in [0.2, 0.25) is 0 Å². The summed E-state index contributed by atoms with van der Waals surface area (Å²) in [6.07, 6.45) is 0. The van der Waals surface area contributed by atoms with Crippen molar-refractivity contribution in [1.82, 2.24) is 0 Å². The van der Waals surface area contributed by atoms with Crippen molar-refractivity contribution < 1.29 is 18.8 Å². The molecular formula is C24H24N3O4P. The quantitative estimate of drug-likeness (QED) is 0.557. The van der Waals surface area contributed by atoms with Gasteiger partial charge in [0.1, 0.15) is 13.2 Å². The summed E-state index contributed by atoms with van der Waals surface area (Å²) in [6, 6.07) is 19.9. The number of nitrogens with zero attached hydrogens (tertiary/aromatic N) is 2. The van der Waals surface area contributed by atoms with Crippen molar-refractivity contribution in [2.24, 2.45) is 0 Å². The molecule has 1 atom stereocenters. The van der Waals surface area contributed by atoms with Crippen molar-refractivity contribution in [3.63, 3.8) is 0 Å². The molecule has 164 valence electrons. The second kappa shape index (κ2) is 7.92. The first-order valence-electron chi connectivity index (χ1n) is 10.6. The van der Waals surface area contributed by atoms with Gasteiger partial charge in [0.05, 0.1) is 16.7 Å². The summed E-state index contributed by atoms with van der Waals surface area (Å²) in [4.78, 5) is 15.3. The van der Waals surface area contributed by atoms with E-state index in [0.717, 1.165) is 5.56 Å². The maximum absolute atomic E-state index is 14.9. The molecule has 1 N–H and O–H groups in total. The van der Waals surface area contributed by atoms with Crippen LogP contribution in [-0.4, -0.2) is 25.8 Å². The highest BCUT2D eigenvalue weighted by Gasteiger charge is 2.47. The molecule has 3 aromatic carbocycles. The van der Waals surface area contributed by atoms with E-state index in [4.69, 9.17) is 9.47 Å². The summed E-state index contributed by atoms with van der Waals surface area (Å²) in [6.45, 7) is 5.15. The number of fused-ring (bicyclic) bond motifs is 2. The van der Waals surface area contributed by atoms with Crippen molar-refractivity contribution in [2.45, 2.75) is 13.8 Å². The van der Waals surface area contributed by atoms with E-state index in [-0.39, 0.29) is 6.03 Å². The number of aryl methyl sites for hydroxylation is 1. The molecular weight excluding hydrogens is 425 g/mol. The lowest BCUT2D eigenvalue weighted by atomic mass is 10.2. The number of ether oxygens (including phenoxy) is 2. The topological polar surface area (TPSA) is 71.1 Å². The van der Waals surface area contributed by atoms with Gasteiger partial charge in [0.2, 0.25) is 0 Å². The number of nitrogens with one attached hydrogen (secondary N) is 1. The third kappa shape index (κ3) is 3.30. The van der Waals surface area contributed by atoms with E-state index in [1.807, 2.05) is 56.3 Å². The second-order valence-corrected chi connectivity index (χ2v) is 9.97. The number of para-hydroxylation sites is 1. The van der Waals surface area contributed by atoms with Gasteiger partial charge in [0, 0.05) is 24.4 Å². The molecule has 0 aliphatic carbocycles. The molecule has 0 fully saturated rings. The summed E-state index contributed by atoms with van der Waals surface area (Å²) in [5.41, 5.74) is 2.88. The number of anilines is 3. The minimum absolute atomic E-state index is 0.356. The highest BCUT2D eigenvalue weighted by Crippen LogP contribution is 2.57. The van der Waals surface area contributed by atoms with Crippen LogP contribution in [0.4, 0.5) is 21.9 Å².